The fourth-order valence-corrected chi connectivity index (χ4v) is 4.17. The van der Waals surface area contributed by atoms with Crippen molar-refractivity contribution in [3.05, 3.63) is 23.8 Å². The Hall–Kier alpha value is -1.44. The largest absolute Gasteiger partial charge is 0.504 e. The van der Waals surface area contributed by atoms with Gasteiger partial charge in [-0.05, 0) is 24.6 Å². The number of hydrogen-bond donors (Lipinski definition) is 5. The minimum atomic E-state index is -0.131. The summed E-state index contributed by atoms with van der Waals surface area (Å²) in [5.41, 5.74) is 7.15. The SMILES string of the molecule is CC1NNC2NC(=O)CSC(c3ccc(O)c(O)c3)C12. The summed E-state index contributed by atoms with van der Waals surface area (Å²) in [6.07, 6.45) is -0.131. The van der Waals surface area contributed by atoms with Crippen LogP contribution in [0, 0.1) is 5.92 Å². The number of phenolic OH excluding ortho intramolecular Hbond substituents is 2. The molecule has 108 valence electrons. The van der Waals surface area contributed by atoms with E-state index in [1.165, 1.54) is 6.07 Å². The molecule has 0 aromatic heterocycles. The Kier molecular flexibility index (Phi) is 3.49. The first-order valence-corrected chi connectivity index (χ1v) is 7.55. The highest BCUT2D eigenvalue weighted by atomic mass is 32.2. The van der Waals surface area contributed by atoms with E-state index in [4.69, 9.17) is 0 Å². The lowest BCUT2D eigenvalue weighted by Crippen LogP contribution is -2.46. The van der Waals surface area contributed by atoms with Gasteiger partial charge >= 0.3 is 0 Å². The van der Waals surface area contributed by atoms with E-state index in [1.807, 2.05) is 0 Å². The van der Waals surface area contributed by atoms with E-state index in [0.717, 1.165) is 5.56 Å². The monoisotopic (exact) mass is 295 g/mol. The molecule has 7 heteroatoms. The van der Waals surface area contributed by atoms with E-state index < -0.39 is 0 Å². The molecule has 4 atom stereocenters. The molecule has 1 aromatic carbocycles. The summed E-state index contributed by atoms with van der Waals surface area (Å²) < 4.78 is 0. The number of thioether (sulfide) groups is 1. The van der Waals surface area contributed by atoms with Gasteiger partial charge in [-0.25, -0.2) is 5.43 Å². The van der Waals surface area contributed by atoms with E-state index in [2.05, 4.69) is 23.1 Å². The second-order valence-electron chi connectivity index (χ2n) is 5.18. The average molecular weight is 295 g/mol. The van der Waals surface area contributed by atoms with E-state index in [-0.39, 0.29) is 40.8 Å². The number of rotatable bonds is 1. The molecule has 3 rings (SSSR count). The second kappa shape index (κ2) is 5.16. The maximum absolute atomic E-state index is 11.7. The highest BCUT2D eigenvalue weighted by Gasteiger charge is 2.42. The first-order valence-electron chi connectivity index (χ1n) is 6.50. The van der Waals surface area contributed by atoms with Crippen molar-refractivity contribution >= 4 is 17.7 Å². The first-order chi connectivity index (χ1) is 9.56. The van der Waals surface area contributed by atoms with Gasteiger partial charge in [0, 0.05) is 17.2 Å². The minimum absolute atomic E-state index is 0.00102. The van der Waals surface area contributed by atoms with Gasteiger partial charge in [-0.2, -0.15) is 0 Å². The fourth-order valence-electron chi connectivity index (χ4n) is 2.80. The van der Waals surface area contributed by atoms with Gasteiger partial charge < -0.3 is 15.5 Å². The zero-order valence-corrected chi connectivity index (χ0v) is 11.8. The van der Waals surface area contributed by atoms with Crippen molar-refractivity contribution in [3.63, 3.8) is 0 Å². The van der Waals surface area contributed by atoms with Crippen LogP contribution in [0.1, 0.15) is 17.7 Å². The van der Waals surface area contributed by atoms with Gasteiger partial charge in [0.15, 0.2) is 11.5 Å². The van der Waals surface area contributed by atoms with Gasteiger partial charge in [0.05, 0.1) is 11.9 Å². The van der Waals surface area contributed by atoms with Gasteiger partial charge in [-0.1, -0.05) is 6.07 Å². The van der Waals surface area contributed by atoms with Gasteiger partial charge in [-0.3, -0.25) is 10.2 Å². The van der Waals surface area contributed by atoms with Crippen LogP contribution in [-0.2, 0) is 4.79 Å². The van der Waals surface area contributed by atoms with Crippen LogP contribution in [0.5, 0.6) is 11.5 Å². The number of aromatic hydroxyl groups is 2. The Labute approximate surface area is 120 Å². The number of amides is 1. The fraction of sp³-hybridized carbons (Fsp3) is 0.462. The number of phenols is 2. The van der Waals surface area contributed by atoms with Gasteiger partial charge in [-0.15, -0.1) is 11.8 Å². The Bertz CT molecular complexity index is 540. The molecule has 0 bridgehead atoms. The number of hydrazine groups is 1. The number of fused-ring (bicyclic) bond motifs is 1. The standard InChI is InChI=1S/C13H17N3O3S/c1-6-11-12(7-2-3-8(17)9(18)4-7)20-5-10(19)14-13(11)16-15-6/h2-4,6,11-13,15-18H,5H2,1H3,(H,14,19). The van der Waals surface area contributed by atoms with E-state index >= 15 is 0 Å². The zero-order valence-electron chi connectivity index (χ0n) is 11.0. The number of benzene rings is 1. The van der Waals surface area contributed by atoms with E-state index in [0.29, 0.717) is 5.75 Å². The van der Waals surface area contributed by atoms with Crippen LogP contribution >= 0.6 is 11.8 Å². The van der Waals surface area contributed by atoms with Crippen LogP contribution in [0.15, 0.2) is 18.2 Å². The third-order valence-electron chi connectivity index (χ3n) is 3.82. The number of hydrogen-bond acceptors (Lipinski definition) is 6. The highest BCUT2D eigenvalue weighted by molar-refractivity contribution is 8.00. The van der Waals surface area contributed by atoms with Gasteiger partial charge in [0.1, 0.15) is 0 Å². The maximum Gasteiger partial charge on any atom is 0.231 e. The zero-order chi connectivity index (χ0) is 14.3. The van der Waals surface area contributed by atoms with Crippen LogP contribution in [0.3, 0.4) is 0 Å². The Morgan fingerprint density at radius 3 is 2.80 bits per heavy atom. The topological polar surface area (TPSA) is 93.6 Å². The van der Waals surface area contributed by atoms with Crippen molar-refractivity contribution in [1.82, 2.24) is 16.2 Å². The Morgan fingerprint density at radius 1 is 1.25 bits per heavy atom. The van der Waals surface area contributed by atoms with Gasteiger partial charge in [0.2, 0.25) is 5.91 Å². The molecule has 20 heavy (non-hydrogen) atoms. The average Bonchev–Trinajstić information content (AvgIpc) is 2.67. The molecule has 0 saturated carbocycles. The molecule has 0 aliphatic carbocycles. The van der Waals surface area contributed by atoms with Crippen LogP contribution in [0.25, 0.3) is 0 Å². The number of nitrogens with one attached hydrogen (secondary N) is 3. The normalized spacial score (nSPS) is 33.4. The summed E-state index contributed by atoms with van der Waals surface area (Å²) in [6.45, 7) is 2.06. The molecule has 2 aliphatic heterocycles. The molecular formula is C13H17N3O3S. The highest BCUT2D eigenvalue weighted by Crippen LogP contribution is 2.43. The maximum atomic E-state index is 11.7. The summed E-state index contributed by atoms with van der Waals surface area (Å²) in [6, 6.07) is 5.04. The van der Waals surface area contributed by atoms with Crippen LogP contribution in [0.4, 0.5) is 0 Å². The molecule has 2 fully saturated rings. The molecule has 1 aromatic rings. The van der Waals surface area contributed by atoms with Crippen molar-refractivity contribution in [3.8, 4) is 11.5 Å². The van der Waals surface area contributed by atoms with E-state index in [9.17, 15) is 15.0 Å². The van der Waals surface area contributed by atoms with Crippen molar-refractivity contribution in [2.45, 2.75) is 24.4 Å². The quantitative estimate of drug-likeness (QED) is 0.483. The van der Waals surface area contributed by atoms with Crippen molar-refractivity contribution in [1.29, 1.82) is 0 Å². The van der Waals surface area contributed by atoms with Crippen LogP contribution in [0.2, 0.25) is 0 Å². The molecule has 1 amide bonds. The molecular weight excluding hydrogens is 278 g/mol. The molecule has 2 aliphatic rings. The molecule has 0 radical (unpaired) electrons. The van der Waals surface area contributed by atoms with Crippen molar-refractivity contribution in [2.75, 3.05) is 5.75 Å². The summed E-state index contributed by atoms with van der Waals surface area (Å²) in [4.78, 5) is 11.7. The molecule has 6 nitrogen and oxygen atoms in total. The Morgan fingerprint density at radius 2 is 2.05 bits per heavy atom. The van der Waals surface area contributed by atoms with Crippen molar-refractivity contribution < 1.29 is 15.0 Å². The van der Waals surface area contributed by atoms with Crippen molar-refractivity contribution in [2.24, 2.45) is 5.92 Å². The number of carbonyl (C=O) groups excluding carboxylic acids is 1. The number of carbonyl (C=O) groups is 1. The smallest absolute Gasteiger partial charge is 0.231 e. The van der Waals surface area contributed by atoms with Crippen LogP contribution in [-0.4, -0.2) is 34.1 Å². The molecule has 2 saturated heterocycles. The third-order valence-corrected chi connectivity index (χ3v) is 5.19. The second-order valence-corrected chi connectivity index (χ2v) is 6.31. The third kappa shape index (κ3) is 2.32. The molecule has 2 heterocycles. The van der Waals surface area contributed by atoms with Crippen LogP contribution < -0.4 is 16.2 Å². The van der Waals surface area contributed by atoms with E-state index in [1.54, 1.807) is 23.9 Å². The summed E-state index contributed by atoms with van der Waals surface area (Å²) in [5.74, 6) is 0.283. The molecule has 4 unspecified atom stereocenters. The lowest BCUT2D eigenvalue weighted by atomic mass is 9.91. The molecule has 0 spiro atoms. The molecule has 5 N–H and O–H groups in total. The summed E-state index contributed by atoms with van der Waals surface area (Å²) >= 11 is 1.56. The first kappa shape index (κ1) is 13.5. The Balaban J connectivity index is 1.96. The van der Waals surface area contributed by atoms with Gasteiger partial charge in [0.25, 0.3) is 0 Å². The summed E-state index contributed by atoms with van der Waals surface area (Å²) in [5, 5.41) is 22.1. The predicted octanol–water partition coefficient (Wildman–Crippen LogP) is 0.441. The lowest BCUT2D eigenvalue weighted by molar-refractivity contribution is -0.119. The lowest BCUT2D eigenvalue weighted by Gasteiger charge is -2.27. The predicted molar refractivity (Wildman–Crippen MR) is 76.1 cm³/mol. The summed E-state index contributed by atoms with van der Waals surface area (Å²) in [7, 11) is 0. The minimum Gasteiger partial charge on any atom is -0.504 e.